The van der Waals surface area contributed by atoms with E-state index in [0.717, 1.165) is 11.4 Å². The zero-order valence-corrected chi connectivity index (χ0v) is 11.1. The summed E-state index contributed by atoms with van der Waals surface area (Å²) in [5, 5.41) is 3.23. The quantitative estimate of drug-likeness (QED) is 0.835. The molecule has 1 amide bonds. The molecule has 0 atom stereocenters. The van der Waals surface area contributed by atoms with Crippen LogP contribution in [0, 0.1) is 0 Å². The molecule has 1 aliphatic heterocycles. The number of halogens is 1. The van der Waals surface area contributed by atoms with E-state index in [-0.39, 0.29) is 5.91 Å². The van der Waals surface area contributed by atoms with Gasteiger partial charge >= 0.3 is 0 Å². The third kappa shape index (κ3) is 1.85. The first-order valence-corrected chi connectivity index (χ1v) is 6.75. The van der Waals surface area contributed by atoms with Gasteiger partial charge in [-0.1, -0.05) is 24.4 Å². The summed E-state index contributed by atoms with van der Waals surface area (Å²) in [7, 11) is 2.04. The molecule has 1 N–H and O–H groups in total. The SMILES string of the molecule is CN(c1cc2c(c(Cl)n1)CNC2=O)C1CCCC1. The number of pyridine rings is 1. The number of nitrogens with zero attached hydrogens (tertiary/aromatic N) is 2. The third-order valence-electron chi connectivity index (χ3n) is 3.96. The van der Waals surface area contributed by atoms with Crippen molar-refractivity contribution in [2.45, 2.75) is 38.3 Å². The number of rotatable bonds is 2. The number of fused-ring (bicyclic) bond motifs is 1. The first-order valence-electron chi connectivity index (χ1n) is 6.37. The molecule has 1 fully saturated rings. The van der Waals surface area contributed by atoms with Crippen molar-refractivity contribution in [3.63, 3.8) is 0 Å². The maximum absolute atomic E-state index is 11.7. The molecule has 18 heavy (non-hydrogen) atoms. The van der Waals surface area contributed by atoms with E-state index in [1.54, 1.807) is 0 Å². The maximum atomic E-state index is 11.7. The molecule has 2 aliphatic rings. The van der Waals surface area contributed by atoms with Crippen molar-refractivity contribution in [2.24, 2.45) is 0 Å². The van der Waals surface area contributed by atoms with Crippen LogP contribution in [0.1, 0.15) is 41.6 Å². The van der Waals surface area contributed by atoms with Gasteiger partial charge in [-0.15, -0.1) is 0 Å². The highest BCUT2D eigenvalue weighted by molar-refractivity contribution is 6.31. The Morgan fingerprint density at radius 1 is 1.44 bits per heavy atom. The summed E-state index contributed by atoms with van der Waals surface area (Å²) in [5.74, 6) is 0.762. The molecule has 0 bridgehead atoms. The van der Waals surface area contributed by atoms with Crippen molar-refractivity contribution < 1.29 is 4.79 Å². The lowest BCUT2D eigenvalue weighted by atomic mass is 10.1. The van der Waals surface area contributed by atoms with Gasteiger partial charge in [0.25, 0.3) is 5.91 Å². The predicted molar refractivity (Wildman–Crippen MR) is 71.1 cm³/mol. The summed E-state index contributed by atoms with van der Waals surface area (Å²) in [4.78, 5) is 18.3. The molecule has 1 saturated carbocycles. The Kier molecular flexibility index (Phi) is 2.90. The monoisotopic (exact) mass is 265 g/mol. The smallest absolute Gasteiger partial charge is 0.252 e. The van der Waals surface area contributed by atoms with Gasteiger partial charge in [0.1, 0.15) is 11.0 Å². The van der Waals surface area contributed by atoms with Crippen LogP contribution < -0.4 is 10.2 Å². The fourth-order valence-corrected chi connectivity index (χ4v) is 3.08. The van der Waals surface area contributed by atoms with E-state index in [4.69, 9.17) is 11.6 Å². The van der Waals surface area contributed by atoms with Crippen LogP contribution in [0.4, 0.5) is 5.82 Å². The molecule has 0 unspecified atom stereocenters. The van der Waals surface area contributed by atoms with Crippen LogP contribution >= 0.6 is 11.6 Å². The lowest BCUT2D eigenvalue weighted by molar-refractivity contribution is 0.0965. The van der Waals surface area contributed by atoms with Gasteiger partial charge in [0.15, 0.2) is 0 Å². The largest absolute Gasteiger partial charge is 0.357 e. The van der Waals surface area contributed by atoms with Crippen LogP contribution in [0.15, 0.2) is 6.07 Å². The summed E-state index contributed by atoms with van der Waals surface area (Å²) in [5.41, 5.74) is 1.50. The Labute approximate surface area is 111 Å². The fraction of sp³-hybridized carbons (Fsp3) is 0.538. The van der Waals surface area contributed by atoms with Crippen molar-refractivity contribution >= 4 is 23.3 Å². The molecule has 0 radical (unpaired) electrons. The summed E-state index contributed by atoms with van der Waals surface area (Å²) >= 11 is 6.16. The molecule has 1 aromatic rings. The zero-order chi connectivity index (χ0) is 12.7. The summed E-state index contributed by atoms with van der Waals surface area (Å²) < 4.78 is 0. The molecule has 1 aromatic heterocycles. The Bertz CT molecular complexity index is 497. The Hall–Kier alpha value is -1.29. The van der Waals surface area contributed by atoms with Crippen LogP contribution in [0.5, 0.6) is 0 Å². The second-order valence-electron chi connectivity index (χ2n) is 5.03. The minimum atomic E-state index is -0.0460. The molecule has 0 saturated heterocycles. The van der Waals surface area contributed by atoms with Gasteiger partial charge in [0.2, 0.25) is 0 Å². The van der Waals surface area contributed by atoms with E-state index in [1.165, 1.54) is 25.7 Å². The molecule has 5 heteroatoms. The number of amides is 1. The van der Waals surface area contributed by atoms with Gasteiger partial charge < -0.3 is 10.2 Å². The van der Waals surface area contributed by atoms with Crippen LogP contribution in [-0.2, 0) is 6.54 Å². The number of carbonyl (C=O) groups is 1. The van der Waals surface area contributed by atoms with Gasteiger partial charge in [-0.25, -0.2) is 4.98 Å². The number of carbonyl (C=O) groups excluding carboxylic acids is 1. The Balaban J connectivity index is 1.95. The normalized spacial score (nSPS) is 18.9. The van der Waals surface area contributed by atoms with E-state index >= 15 is 0 Å². The van der Waals surface area contributed by atoms with Crippen molar-refractivity contribution in [1.82, 2.24) is 10.3 Å². The second kappa shape index (κ2) is 4.43. The minimum absolute atomic E-state index is 0.0460. The highest BCUT2D eigenvalue weighted by Crippen LogP contribution is 2.30. The van der Waals surface area contributed by atoms with Gasteiger partial charge in [0.05, 0.1) is 5.56 Å². The average molecular weight is 266 g/mol. The first-order chi connectivity index (χ1) is 8.66. The van der Waals surface area contributed by atoms with E-state index in [1.807, 2.05) is 13.1 Å². The number of aromatic nitrogens is 1. The number of nitrogens with one attached hydrogen (secondary N) is 1. The molecular weight excluding hydrogens is 250 g/mol. The standard InChI is InChI=1S/C13H16ClN3O/c1-17(8-4-2-3-5-8)11-6-9-10(12(14)16-11)7-15-13(9)18/h6,8H,2-5,7H2,1H3,(H,15,18). The van der Waals surface area contributed by atoms with Crippen molar-refractivity contribution in [3.8, 4) is 0 Å². The van der Waals surface area contributed by atoms with E-state index in [9.17, 15) is 4.79 Å². The summed E-state index contributed by atoms with van der Waals surface area (Å²) in [6.07, 6.45) is 4.93. The fourth-order valence-electron chi connectivity index (χ4n) is 2.82. The molecule has 2 heterocycles. The molecule has 3 rings (SSSR count). The molecular formula is C13H16ClN3O. The van der Waals surface area contributed by atoms with Gasteiger partial charge in [0, 0.05) is 25.2 Å². The van der Waals surface area contributed by atoms with Crippen LogP contribution in [0.3, 0.4) is 0 Å². The first kappa shape index (κ1) is 11.8. The lowest BCUT2D eigenvalue weighted by Crippen LogP contribution is -2.29. The third-order valence-corrected chi connectivity index (χ3v) is 4.28. The maximum Gasteiger partial charge on any atom is 0.252 e. The van der Waals surface area contributed by atoms with Crippen molar-refractivity contribution in [2.75, 3.05) is 11.9 Å². The van der Waals surface area contributed by atoms with Gasteiger partial charge in [-0.3, -0.25) is 4.79 Å². The lowest BCUT2D eigenvalue weighted by Gasteiger charge is -2.25. The highest BCUT2D eigenvalue weighted by atomic mass is 35.5. The molecule has 1 aliphatic carbocycles. The molecule has 96 valence electrons. The Morgan fingerprint density at radius 3 is 2.89 bits per heavy atom. The van der Waals surface area contributed by atoms with E-state index in [2.05, 4.69) is 15.2 Å². The second-order valence-corrected chi connectivity index (χ2v) is 5.39. The molecule has 4 nitrogen and oxygen atoms in total. The predicted octanol–water partition coefficient (Wildman–Crippen LogP) is 2.36. The number of anilines is 1. The van der Waals surface area contributed by atoms with Crippen LogP contribution in [0.25, 0.3) is 0 Å². The van der Waals surface area contributed by atoms with Crippen LogP contribution in [-0.4, -0.2) is 24.0 Å². The highest BCUT2D eigenvalue weighted by Gasteiger charge is 2.26. The molecule has 0 spiro atoms. The van der Waals surface area contributed by atoms with Crippen LogP contribution in [0.2, 0.25) is 5.15 Å². The zero-order valence-electron chi connectivity index (χ0n) is 10.4. The van der Waals surface area contributed by atoms with Crippen molar-refractivity contribution in [3.05, 3.63) is 22.3 Å². The van der Waals surface area contributed by atoms with E-state index in [0.29, 0.717) is 23.3 Å². The topological polar surface area (TPSA) is 45.2 Å². The van der Waals surface area contributed by atoms with Gasteiger partial charge in [-0.2, -0.15) is 0 Å². The summed E-state index contributed by atoms with van der Waals surface area (Å²) in [6, 6.07) is 2.39. The van der Waals surface area contributed by atoms with Crippen molar-refractivity contribution in [1.29, 1.82) is 0 Å². The van der Waals surface area contributed by atoms with Gasteiger partial charge in [-0.05, 0) is 18.9 Å². The average Bonchev–Trinajstić information content (AvgIpc) is 2.99. The number of hydrogen-bond acceptors (Lipinski definition) is 3. The Morgan fingerprint density at radius 2 is 2.17 bits per heavy atom. The summed E-state index contributed by atoms with van der Waals surface area (Å²) in [6.45, 7) is 0.493. The van der Waals surface area contributed by atoms with E-state index < -0.39 is 0 Å². The molecule has 0 aromatic carbocycles. The number of hydrogen-bond donors (Lipinski definition) is 1. The minimum Gasteiger partial charge on any atom is -0.357 e.